The molecular formula is C18H30N2O. The van der Waals surface area contributed by atoms with Crippen molar-refractivity contribution in [1.29, 1.82) is 0 Å². The fourth-order valence-electron chi connectivity index (χ4n) is 3.39. The fourth-order valence-corrected chi connectivity index (χ4v) is 3.39. The Bertz CT molecular complexity index is 376. The van der Waals surface area contributed by atoms with Crippen LogP contribution in [0.5, 0.6) is 0 Å². The molecule has 3 heteroatoms. The molecule has 0 aliphatic heterocycles. The van der Waals surface area contributed by atoms with Gasteiger partial charge in [-0.15, -0.1) is 0 Å². The SMILES string of the molecule is NCCCN(Cc1ccccc1)CC(O)CC1CCCC1. The lowest BCUT2D eigenvalue weighted by atomic mass is 9.99. The smallest absolute Gasteiger partial charge is 0.0669 e. The first kappa shape index (κ1) is 16.5. The van der Waals surface area contributed by atoms with Crippen LogP contribution in [0.15, 0.2) is 30.3 Å². The van der Waals surface area contributed by atoms with E-state index in [1.54, 1.807) is 0 Å². The van der Waals surface area contributed by atoms with E-state index in [-0.39, 0.29) is 6.10 Å². The van der Waals surface area contributed by atoms with Crippen LogP contribution in [-0.2, 0) is 6.54 Å². The molecule has 1 fully saturated rings. The van der Waals surface area contributed by atoms with Crippen molar-refractivity contribution in [3.8, 4) is 0 Å². The van der Waals surface area contributed by atoms with Gasteiger partial charge in [0.1, 0.15) is 0 Å². The van der Waals surface area contributed by atoms with Crippen molar-refractivity contribution >= 4 is 0 Å². The summed E-state index contributed by atoms with van der Waals surface area (Å²) in [5.41, 5.74) is 6.95. The van der Waals surface area contributed by atoms with Crippen molar-refractivity contribution in [2.24, 2.45) is 11.7 Å². The Balaban J connectivity index is 1.82. The van der Waals surface area contributed by atoms with E-state index < -0.39 is 0 Å². The van der Waals surface area contributed by atoms with Gasteiger partial charge in [0.15, 0.2) is 0 Å². The number of aliphatic hydroxyl groups is 1. The summed E-state index contributed by atoms with van der Waals surface area (Å²) < 4.78 is 0. The molecule has 0 heterocycles. The van der Waals surface area contributed by atoms with Crippen LogP contribution >= 0.6 is 0 Å². The standard InChI is InChI=1S/C18H30N2O/c19-11-6-12-20(14-17-9-2-1-3-10-17)15-18(21)13-16-7-4-5-8-16/h1-3,9-10,16,18,21H,4-8,11-15,19H2. The summed E-state index contributed by atoms with van der Waals surface area (Å²) >= 11 is 0. The third kappa shape index (κ3) is 6.16. The second-order valence-electron chi connectivity index (χ2n) is 6.40. The maximum absolute atomic E-state index is 10.4. The molecule has 1 aromatic rings. The van der Waals surface area contributed by atoms with Gasteiger partial charge >= 0.3 is 0 Å². The molecule has 0 spiro atoms. The van der Waals surface area contributed by atoms with Crippen LogP contribution in [0.3, 0.4) is 0 Å². The number of hydrogen-bond donors (Lipinski definition) is 2. The molecule has 1 aromatic carbocycles. The lowest BCUT2D eigenvalue weighted by Crippen LogP contribution is -2.34. The second kappa shape index (κ2) is 9.19. The minimum atomic E-state index is -0.199. The van der Waals surface area contributed by atoms with Gasteiger partial charge in [-0.05, 0) is 37.4 Å². The topological polar surface area (TPSA) is 49.5 Å². The van der Waals surface area contributed by atoms with Crippen LogP contribution < -0.4 is 5.73 Å². The van der Waals surface area contributed by atoms with Gasteiger partial charge in [0.2, 0.25) is 0 Å². The van der Waals surface area contributed by atoms with Gasteiger partial charge < -0.3 is 10.8 Å². The van der Waals surface area contributed by atoms with E-state index in [0.717, 1.165) is 38.4 Å². The largest absolute Gasteiger partial charge is 0.392 e. The maximum Gasteiger partial charge on any atom is 0.0669 e. The lowest BCUT2D eigenvalue weighted by Gasteiger charge is -2.26. The molecular weight excluding hydrogens is 260 g/mol. The van der Waals surface area contributed by atoms with Crippen LogP contribution in [0.2, 0.25) is 0 Å². The van der Waals surface area contributed by atoms with Crippen LogP contribution in [0, 0.1) is 5.92 Å². The molecule has 0 bridgehead atoms. The highest BCUT2D eigenvalue weighted by molar-refractivity contribution is 5.14. The Morgan fingerprint density at radius 1 is 1.19 bits per heavy atom. The van der Waals surface area contributed by atoms with E-state index in [2.05, 4.69) is 29.2 Å². The number of nitrogens with zero attached hydrogens (tertiary/aromatic N) is 1. The van der Waals surface area contributed by atoms with E-state index in [0.29, 0.717) is 6.54 Å². The molecule has 0 aromatic heterocycles. The Hall–Kier alpha value is -0.900. The van der Waals surface area contributed by atoms with Crippen molar-refractivity contribution in [2.75, 3.05) is 19.6 Å². The van der Waals surface area contributed by atoms with Gasteiger partial charge in [-0.25, -0.2) is 0 Å². The van der Waals surface area contributed by atoms with Crippen molar-refractivity contribution < 1.29 is 5.11 Å². The third-order valence-electron chi connectivity index (χ3n) is 4.48. The molecule has 0 saturated heterocycles. The van der Waals surface area contributed by atoms with Crippen LogP contribution in [0.25, 0.3) is 0 Å². The minimum Gasteiger partial charge on any atom is -0.392 e. The molecule has 3 N–H and O–H groups in total. The summed E-state index contributed by atoms with van der Waals surface area (Å²) in [5, 5.41) is 10.4. The minimum absolute atomic E-state index is 0.199. The molecule has 3 nitrogen and oxygen atoms in total. The number of nitrogens with two attached hydrogens (primary N) is 1. The van der Waals surface area contributed by atoms with E-state index in [4.69, 9.17) is 5.73 Å². The van der Waals surface area contributed by atoms with Crippen LogP contribution in [0.1, 0.15) is 44.1 Å². The highest BCUT2D eigenvalue weighted by Gasteiger charge is 2.20. The number of rotatable bonds is 9. The third-order valence-corrected chi connectivity index (χ3v) is 4.48. The average molecular weight is 290 g/mol. The first-order valence-corrected chi connectivity index (χ1v) is 8.42. The zero-order valence-corrected chi connectivity index (χ0v) is 13.1. The molecule has 21 heavy (non-hydrogen) atoms. The summed E-state index contributed by atoms with van der Waals surface area (Å²) in [5.74, 6) is 0.744. The molecule has 1 aliphatic carbocycles. The highest BCUT2D eigenvalue weighted by Crippen LogP contribution is 2.28. The molecule has 1 atom stereocenters. The zero-order valence-electron chi connectivity index (χ0n) is 13.1. The quantitative estimate of drug-likeness (QED) is 0.735. The van der Waals surface area contributed by atoms with Gasteiger partial charge in [0.25, 0.3) is 0 Å². The molecule has 0 radical (unpaired) electrons. The number of benzene rings is 1. The van der Waals surface area contributed by atoms with Gasteiger partial charge in [0.05, 0.1) is 6.10 Å². The van der Waals surface area contributed by atoms with E-state index in [1.807, 2.05) is 6.07 Å². The van der Waals surface area contributed by atoms with Crippen LogP contribution in [-0.4, -0.2) is 35.7 Å². The summed E-state index contributed by atoms with van der Waals surface area (Å²) in [4.78, 5) is 2.35. The molecule has 0 amide bonds. The monoisotopic (exact) mass is 290 g/mol. The van der Waals surface area contributed by atoms with Crippen molar-refractivity contribution in [3.05, 3.63) is 35.9 Å². The van der Waals surface area contributed by atoms with E-state index in [1.165, 1.54) is 31.2 Å². The summed E-state index contributed by atoms with van der Waals surface area (Å²) in [7, 11) is 0. The summed E-state index contributed by atoms with van der Waals surface area (Å²) in [6.07, 6.45) is 7.06. The molecule has 1 unspecified atom stereocenters. The lowest BCUT2D eigenvalue weighted by molar-refractivity contribution is 0.0875. The second-order valence-corrected chi connectivity index (χ2v) is 6.40. The number of hydrogen-bond acceptors (Lipinski definition) is 3. The predicted octanol–water partition coefficient (Wildman–Crippen LogP) is 2.78. The molecule has 2 rings (SSSR count). The highest BCUT2D eigenvalue weighted by atomic mass is 16.3. The Morgan fingerprint density at radius 2 is 1.90 bits per heavy atom. The zero-order chi connectivity index (χ0) is 14.9. The summed E-state index contributed by atoms with van der Waals surface area (Å²) in [6, 6.07) is 10.5. The Morgan fingerprint density at radius 3 is 2.57 bits per heavy atom. The average Bonchev–Trinajstić information content (AvgIpc) is 2.98. The van der Waals surface area contributed by atoms with Crippen molar-refractivity contribution in [1.82, 2.24) is 4.90 Å². The van der Waals surface area contributed by atoms with E-state index >= 15 is 0 Å². The van der Waals surface area contributed by atoms with Crippen molar-refractivity contribution in [2.45, 2.75) is 51.2 Å². The van der Waals surface area contributed by atoms with Crippen LogP contribution in [0.4, 0.5) is 0 Å². The number of aliphatic hydroxyl groups excluding tert-OH is 1. The van der Waals surface area contributed by atoms with E-state index in [9.17, 15) is 5.11 Å². The maximum atomic E-state index is 10.4. The normalized spacial score (nSPS) is 17.5. The van der Waals surface area contributed by atoms with Gasteiger partial charge in [-0.1, -0.05) is 56.0 Å². The fraction of sp³-hybridized carbons (Fsp3) is 0.667. The van der Waals surface area contributed by atoms with Crippen molar-refractivity contribution in [3.63, 3.8) is 0 Å². The molecule has 118 valence electrons. The Labute approximate surface area is 129 Å². The van der Waals surface area contributed by atoms with Gasteiger partial charge in [0, 0.05) is 13.1 Å². The molecule has 1 saturated carbocycles. The first-order valence-electron chi connectivity index (χ1n) is 8.42. The predicted molar refractivity (Wildman–Crippen MR) is 88.0 cm³/mol. The summed E-state index contributed by atoms with van der Waals surface area (Å²) in [6.45, 7) is 3.35. The molecule has 1 aliphatic rings. The van der Waals surface area contributed by atoms with Gasteiger partial charge in [-0.3, -0.25) is 4.90 Å². The van der Waals surface area contributed by atoms with Gasteiger partial charge in [-0.2, -0.15) is 0 Å². The Kier molecular flexibility index (Phi) is 7.20. The first-order chi connectivity index (χ1) is 10.3.